The van der Waals surface area contributed by atoms with Crippen LogP contribution in [-0.2, 0) is 9.53 Å². The zero-order valence-electron chi connectivity index (χ0n) is 14.5. The van der Waals surface area contributed by atoms with Gasteiger partial charge in [-0.2, -0.15) is 0 Å². The van der Waals surface area contributed by atoms with Crippen molar-refractivity contribution < 1.29 is 19.0 Å². The number of hydrogen-bond donors (Lipinski definition) is 0. The maximum atomic E-state index is 12.6. The summed E-state index contributed by atoms with van der Waals surface area (Å²) in [7, 11) is 4.82. The van der Waals surface area contributed by atoms with E-state index >= 15 is 0 Å². The van der Waals surface area contributed by atoms with Crippen molar-refractivity contribution >= 4 is 5.91 Å². The molecule has 9 heteroatoms. The van der Waals surface area contributed by atoms with Gasteiger partial charge in [0.2, 0.25) is 0 Å². The van der Waals surface area contributed by atoms with Crippen molar-refractivity contribution in [1.82, 2.24) is 25.1 Å². The monoisotopic (exact) mass is 347 g/mol. The highest BCUT2D eigenvalue weighted by Gasteiger charge is 2.49. The van der Waals surface area contributed by atoms with Crippen LogP contribution in [-0.4, -0.2) is 65.5 Å². The van der Waals surface area contributed by atoms with Gasteiger partial charge in [0.15, 0.2) is 17.5 Å². The number of benzene rings is 1. The summed E-state index contributed by atoms with van der Waals surface area (Å²) in [6.07, 6.45) is 2.22. The standard InChI is InChI=1S/C16H21N5O4/c1-23-8-4-7-20-14(15(16(20)22)21-10-17-18-19-21)11-5-6-12(24-2)13(9-11)25-3/h5-6,9-10,14-15H,4,7-8H2,1-3H3/t14-,15-/m1/s1. The number of hydrogen-bond acceptors (Lipinski definition) is 7. The molecule has 25 heavy (non-hydrogen) atoms. The number of β-lactam (4-membered cyclic amide) rings is 1. The molecule has 0 radical (unpaired) electrons. The van der Waals surface area contributed by atoms with Crippen LogP contribution in [0.5, 0.6) is 11.5 Å². The number of carbonyl (C=O) groups excluding carboxylic acids is 1. The van der Waals surface area contributed by atoms with Crippen molar-refractivity contribution in [3.63, 3.8) is 0 Å². The first-order valence-electron chi connectivity index (χ1n) is 7.95. The van der Waals surface area contributed by atoms with E-state index in [1.165, 1.54) is 11.0 Å². The van der Waals surface area contributed by atoms with Crippen LogP contribution in [0.1, 0.15) is 24.1 Å². The van der Waals surface area contributed by atoms with Crippen molar-refractivity contribution in [2.45, 2.75) is 18.5 Å². The van der Waals surface area contributed by atoms with Gasteiger partial charge >= 0.3 is 0 Å². The summed E-state index contributed by atoms with van der Waals surface area (Å²) in [4.78, 5) is 14.4. The minimum Gasteiger partial charge on any atom is -0.493 e. The largest absolute Gasteiger partial charge is 0.493 e. The number of likely N-dealkylation sites (tertiary alicyclic amines) is 1. The lowest BCUT2D eigenvalue weighted by atomic mass is 9.88. The number of tetrazole rings is 1. The van der Waals surface area contributed by atoms with E-state index in [1.54, 1.807) is 21.3 Å². The molecule has 2 aromatic rings. The fraction of sp³-hybridized carbons (Fsp3) is 0.500. The molecule has 1 fully saturated rings. The Morgan fingerprint density at radius 1 is 1.12 bits per heavy atom. The highest BCUT2D eigenvalue weighted by atomic mass is 16.5. The van der Waals surface area contributed by atoms with Crippen LogP contribution in [0.15, 0.2) is 24.5 Å². The minimum absolute atomic E-state index is 0.0109. The second-order valence-corrected chi connectivity index (χ2v) is 5.67. The molecule has 0 bridgehead atoms. The average Bonchev–Trinajstić information content (AvgIpc) is 3.16. The predicted octanol–water partition coefficient (Wildman–Crippen LogP) is 0.851. The summed E-state index contributed by atoms with van der Waals surface area (Å²) in [5, 5.41) is 11.2. The average molecular weight is 347 g/mol. The quantitative estimate of drug-likeness (QED) is 0.516. The van der Waals surface area contributed by atoms with Crippen LogP contribution in [0, 0.1) is 0 Å². The van der Waals surface area contributed by atoms with E-state index < -0.39 is 6.04 Å². The van der Waals surface area contributed by atoms with E-state index in [0.717, 1.165) is 12.0 Å². The fourth-order valence-electron chi connectivity index (χ4n) is 3.11. The smallest absolute Gasteiger partial charge is 0.250 e. The highest BCUT2D eigenvalue weighted by Crippen LogP contribution is 2.44. The Morgan fingerprint density at radius 3 is 2.56 bits per heavy atom. The number of nitrogens with zero attached hydrogens (tertiary/aromatic N) is 5. The molecule has 1 aromatic carbocycles. The summed E-state index contributed by atoms with van der Waals surface area (Å²) in [6.45, 7) is 1.20. The van der Waals surface area contributed by atoms with Gasteiger partial charge < -0.3 is 19.1 Å². The number of aromatic nitrogens is 4. The second kappa shape index (κ2) is 7.47. The molecule has 134 valence electrons. The summed E-state index contributed by atoms with van der Waals surface area (Å²) in [5.41, 5.74) is 0.940. The van der Waals surface area contributed by atoms with Crippen LogP contribution >= 0.6 is 0 Å². The molecule has 0 unspecified atom stereocenters. The SMILES string of the molecule is COCCCN1C(=O)[C@H](n2cnnn2)[C@H]1c1ccc(OC)c(OC)c1. The zero-order valence-corrected chi connectivity index (χ0v) is 14.5. The Labute approximate surface area is 145 Å². The topological polar surface area (TPSA) is 91.6 Å². The van der Waals surface area contributed by atoms with E-state index in [9.17, 15) is 4.79 Å². The number of ether oxygens (including phenoxy) is 3. The Morgan fingerprint density at radius 2 is 1.92 bits per heavy atom. The first kappa shape index (κ1) is 17.2. The third kappa shape index (κ3) is 3.14. The lowest BCUT2D eigenvalue weighted by Crippen LogP contribution is -2.56. The van der Waals surface area contributed by atoms with Crippen LogP contribution in [0.4, 0.5) is 0 Å². The summed E-state index contributed by atoms with van der Waals surface area (Å²) < 4.78 is 17.3. The summed E-state index contributed by atoms with van der Waals surface area (Å²) in [6, 6.07) is 5.01. The maximum absolute atomic E-state index is 12.6. The van der Waals surface area contributed by atoms with Gasteiger partial charge in [-0.3, -0.25) is 4.79 Å². The third-order valence-electron chi connectivity index (χ3n) is 4.32. The molecule has 1 aliphatic rings. The number of rotatable bonds is 8. The first-order valence-corrected chi connectivity index (χ1v) is 7.95. The molecule has 0 spiro atoms. The van der Waals surface area contributed by atoms with Gasteiger partial charge in [0, 0.05) is 20.3 Å². The highest BCUT2D eigenvalue weighted by molar-refractivity contribution is 5.88. The zero-order chi connectivity index (χ0) is 17.8. The van der Waals surface area contributed by atoms with Crippen LogP contribution < -0.4 is 9.47 Å². The molecule has 0 saturated carbocycles. The summed E-state index contributed by atoms with van der Waals surface area (Å²) >= 11 is 0. The van der Waals surface area contributed by atoms with Crippen LogP contribution in [0.3, 0.4) is 0 Å². The van der Waals surface area contributed by atoms with Gasteiger partial charge in [0.25, 0.3) is 5.91 Å². The molecular weight excluding hydrogens is 326 g/mol. The molecule has 0 aliphatic carbocycles. The lowest BCUT2D eigenvalue weighted by Gasteiger charge is -2.47. The lowest BCUT2D eigenvalue weighted by molar-refractivity contribution is -0.156. The normalized spacial score (nSPS) is 19.6. The maximum Gasteiger partial charge on any atom is 0.250 e. The van der Waals surface area contributed by atoms with E-state index in [4.69, 9.17) is 14.2 Å². The van der Waals surface area contributed by atoms with Gasteiger partial charge in [-0.05, 0) is 34.5 Å². The van der Waals surface area contributed by atoms with E-state index in [0.29, 0.717) is 24.7 Å². The van der Waals surface area contributed by atoms with Crippen molar-refractivity contribution in [1.29, 1.82) is 0 Å². The molecule has 0 N–H and O–H groups in total. The minimum atomic E-state index is -0.462. The molecule has 2 heterocycles. The Hall–Kier alpha value is -2.68. The van der Waals surface area contributed by atoms with E-state index in [-0.39, 0.29) is 11.9 Å². The van der Waals surface area contributed by atoms with Gasteiger partial charge in [0.1, 0.15) is 6.33 Å². The van der Waals surface area contributed by atoms with Crippen molar-refractivity contribution in [2.24, 2.45) is 0 Å². The van der Waals surface area contributed by atoms with Gasteiger partial charge in [-0.25, -0.2) is 4.68 Å². The van der Waals surface area contributed by atoms with Gasteiger partial charge in [-0.15, -0.1) is 5.10 Å². The molecular formula is C16H21N5O4. The van der Waals surface area contributed by atoms with Crippen molar-refractivity contribution in [3.05, 3.63) is 30.1 Å². The van der Waals surface area contributed by atoms with Gasteiger partial charge in [0.05, 0.1) is 20.3 Å². The second-order valence-electron chi connectivity index (χ2n) is 5.67. The molecule has 2 atom stereocenters. The molecule has 1 amide bonds. The van der Waals surface area contributed by atoms with Crippen molar-refractivity contribution in [2.75, 3.05) is 34.5 Å². The Kier molecular flexibility index (Phi) is 5.13. The van der Waals surface area contributed by atoms with Crippen LogP contribution in [0.25, 0.3) is 0 Å². The Balaban J connectivity index is 1.91. The first-order chi connectivity index (χ1) is 12.2. The molecule has 1 aromatic heterocycles. The number of amides is 1. The van der Waals surface area contributed by atoms with E-state index in [1.807, 2.05) is 23.1 Å². The molecule has 1 saturated heterocycles. The van der Waals surface area contributed by atoms with Gasteiger partial charge in [-0.1, -0.05) is 6.07 Å². The summed E-state index contributed by atoms with van der Waals surface area (Å²) in [5.74, 6) is 1.25. The predicted molar refractivity (Wildman–Crippen MR) is 87.3 cm³/mol. The number of methoxy groups -OCH3 is 3. The van der Waals surface area contributed by atoms with Crippen molar-refractivity contribution in [3.8, 4) is 11.5 Å². The Bertz CT molecular complexity index is 721. The molecule has 1 aliphatic heterocycles. The van der Waals surface area contributed by atoms with E-state index in [2.05, 4.69) is 15.5 Å². The molecule has 3 rings (SSSR count). The molecule has 9 nitrogen and oxygen atoms in total. The van der Waals surface area contributed by atoms with Crippen LogP contribution in [0.2, 0.25) is 0 Å². The third-order valence-corrected chi connectivity index (χ3v) is 4.32. The fourth-order valence-corrected chi connectivity index (χ4v) is 3.11. The number of carbonyl (C=O) groups is 1.